The minimum absolute atomic E-state index is 0.0992. The van der Waals surface area contributed by atoms with Gasteiger partial charge in [-0.05, 0) is 47.7 Å². The fourth-order valence-electron chi connectivity index (χ4n) is 9.11. The number of alkyl halides is 3. The van der Waals surface area contributed by atoms with Crippen molar-refractivity contribution in [3.8, 4) is 33.7 Å². The molecular weight excluding hydrogens is 966 g/mol. The maximum absolute atomic E-state index is 14.8. The third-order valence-corrected chi connectivity index (χ3v) is 15.0. The molecule has 3 aliphatic heterocycles. The monoisotopic (exact) mass is 1030 g/mol. The zero-order valence-electron chi connectivity index (χ0n) is 43.5. The van der Waals surface area contributed by atoms with Crippen molar-refractivity contribution in [1.29, 1.82) is 0 Å². The Hall–Kier alpha value is -5.60. The van der Waals surface area contributed by atoms with Gasteiger partial charge in [-0.2, -0.15) is 13.2 Å². The van der Waals surface area contributed by atoms with E-state index in [-0.39, 0.29) is 81.6 Å². The molecule has 3 atom stereocenters. The first-order chi connectivity index (χ1) is 34.1. The predicted molar refractivity (Wildman–Crippen MR) is 267 cm³/mol. The molecule has 22 heteroatoms. The van der Waals surface area contributed by atoms with Crippen LogP contribution >= 0.6 is 11.5 Å². The molecule has 6 bridgehead atoms. The maximum atomic E-state index is 14.8. The topological polar surface area (TPSA) is 176 Å². The number of benzene rings is 1. The van der Waals surface area contributed by atoms with Crippen LogP contribution in [-0.4, -0.2) is 164 Å². The van der Waals surface area contributed by atoms with Crippen molar-refractivity contribution in [1.82, 2.24) is 38.8 Å². The molecule has 4 aromatic rings. The summed E-state index contributed by atoms with van der Waals surface area (Å²) in [6.45, 7) is 13.7. The molecular formula is C51H66BF3N9O8S+. The molecule has 1 N–H and O–H groups in total. The number of fused-ring (bicyclic) bond motifs is 6. The van der Waals surface area contributed by atoms with Gasteiger partial charge < -0.3 is 4.74 Å². The van der Waals surface area contributed by atoms with Gasteiger partial charge in [-0.15, -0.1) is 0 Å². The Labute approximate surface area is 429 Å². The van der Waals surface area contributed by atoms with Crippen LogP contribution in [0.1, 0.15) is 85.3 Å². The van der Waals surface area contributed by atoms with Crippen molar-refractivity contribution in [2.45, 2.75) is 123 Å². The average Bonchev–Trinajstić information content (AvgIpc) is 3.90. The Balaban J connectivity index is 1.26. The van der Waals surface area contributed by atoms with E-state index in [0.717, 1.165) is 11.5 Å². The van der Waals surface area contributed by atoms with Crippen LogP contribution in [0.25, 0.3) is 32.7 Å². The van der Waals surface area contributed by atoms with Gasteiger partial charge in [-0.25, -0.2) is 0 Å². The molecule has 3 amide bonds. The summed E-state index contributed by atoms with van der Waals surface area (Å²) in [7, 11) is 9.35. The molecule has 0 spiro atoms. The molecule has 2 saturated heterocycles. The first-order valence-corrected chi connectivity index (χ1v) is 25.2. The van der Waals surface area contributed by atoms with Gasteiger partial charge in [-0.1, -0.05) is 5.92 Å². The number of ether oxygens (including phenoxy) is 3. The summed E-state index contributed by atoms with van der Waals surface area (Å²) < 4.78 is 69.3. The fourth-order valence-corrected chi connectivity index (χ4v) is 9.79. The number of hydrazine groups is 1. The standard InChI is InChI=1S/C51H66BF3N9O8S/c1-30(2)36(27-71-32-25-60(26-32)41(65)18-19-49(5,6)59(9)10)45(66)63(69)39-23-40-57-44(73-58-40)31-16-17-37-34(22-31)35(24-48(3,4)29-72-47(68)38-15-13-21-62(46(39)67)64(38)52)42(61(37)28-51(53,54)55)33-14-12-20-56-43(33)50(7,8)70-11/h12,14,16-17,20,22,30,32,36,38-39,52,69H,13,15,21,23-29H2,1-11H3/q+1/t36-,38-,39?/m0/s1. The van der Waals surface area contributed by atoms with Crippen LogP contribution < -0.4 is 0 Å². The second-order valence-corrected chi connectivity index (χ2v) is 22.3. The summed E-state index contributed by atoms with van der Waals surface area (Å²) in [4.78, 5) is 69.1. The molecule has 1 unspecified atom stereocenters. The van der Waals surface area contributed by atoms with E-state index in [1.807, 2.05) is 46.7 Å². The number of pyridine rings is 1. The average molecular weight is 1030 g/mol. The number of likely N-dealkylation sites (tertiary alicyclic amines) is 1. The van der Waals surface area contributed by atoms with Gasteiger partial charge in [0, 0.05) is 13.3 Å². The third-order valence-electron chi connectivity index (χ3n) is 14.2. The zero-order chi connectivity index (χ0) is 53.5. The first-order valence-electron chi connectivity index (χ1n) is 24.4. The molecule has 3 aromatic heterocycles. The number of carbonyl (C=O) groups excluding carboxylic acids is 4. The van der Waals surface area contributed by atoms with Crippen molar-refractivity contribution in [3.63, 3.8) is 0 Å². The summed E-state index contributed by atoms with van der Waals surface area (Å²) in [5.41, 5.74) is 0.110. The SMILES string of the molecule is B=[N+]1[C@H]2CCCN1C(=O)C(N(O)C(=O)[C@@H](COC1CN(C(=O)C#CC(C)(C)N(C)C)C1)C(C)C)Cc1nsc(n1)-c1ccc3c(c1)c(c(-c1cccnc1C(C)(C)OC)n3CC(F)(F)F)CC(C)(C)COC2=O. The van der Waals surface area contributed by atoms with Gasteiger partial charge in [0.25, 0.3) is 5.91 Å². The van der Waals surface area contributed by atoms with Crippen molar-refractivity contribution >= 4 is 53.8 Å². The molecule has 0 radical (unpaired) electrons. The van der Waals surface area contributed by atoms with Gasteiger partial charge >= 0.3 is 325 Å². The van der Waals surface area contributed by atoms with E-state index in [1.54, 1.807) is 69.1 Å². The molecule has 2 fully saturated rings. The van der Waals surface area contributed by atoms with Crippen LogP contribution in [0.2, 0.25) is 0 Å². The molecule has 1 aromatic carbocycles. The number of rotatable bonds is 11. The van der Waals surface area contributed by atoms with E-state index in [0.29, 0.717) is 49.8 Å². The van der Waals surface area contributed by atoms with Gasteiger partial charge in [0.2, 0.25) is 0 Å². The van der Waals surface area contributed by atoms with Crippen molar-refractivity contribution < 1.29 is 56.4 Å². The van der Waals surface area contributed by atoms with E-state index in [9.17, 15) is 37.6 Å². The van der Waals surface area contributed by atoms with Crippen LogP contribution in [0.15, 0.2) is 36.5 Å². The summed E-state index contributed by atoms with van der Waals surface area (Å²) in [5, 5.41) is 14.5. The number of esters is 1. The molecule has 73 heavy (non-hydrogen) atoms. The van der Waals surface area contributed by atoms with Gasteiger partial charge in [-0.3, -0.25) is 9.69 Å². The quantitative estimate of drug-likeness (QED) is 0.0633. The number of aromatic nitrogens is 4. The van der Waals surface area contributed by atoms with Gasteiger partial charge in [0.15, 0.2) is 0 Å². The minimum atomic E-state index is -4.63. The Morgan fingerprint density at radius 2 is 1.84 bits per heavy atom. The Morgan fingerprint density at radius 1 is 1.12 bits per heavy atom. The van der Waals surface area contributed by atoms with Crippen LogP contribution in [0.3, 0.4) is 0 Å². The Bertz CT molecular complexity index is 2830. The molecule has 392 valence electrons. The normalized spacial score (nSPS) is 19.6. The summed E-state index contributed by atoms with van der Waals surface area (Å²) in [6.07, 6.45) is -3.04. The molecule has 3 aliphatic rings. The molecule has 7 rings (SSSR count). The van der Waals surface area contributed by atoms with E-state index >= 15 is 0 Å². The fraction of sp³-hybridized carbons (Fsp3) is 0.588. The number of methoxy groups -OCH3 is 1. The number of carbonyl (C=O) groups is 4. The Morgan fingerprint density at radius 3 is 2.49 bits per heavy atom. The Kier molecular flexibility index (Phi) is 16.1. The number of hydrogen-bond donors (Lipinski definition) is 1. The molecule has 6 heterocycles. The van der Waals surface area contributed by atoms with Crippen LogP contribution in [0.5, 0.6) is 0 Å². The van der Waals surface area contributed by atoms with Crippen molar-refractivity contribution in [2.24, 2.45) is 17.3 Å². The molecule has 17 nitrogen and oxygen atoms in total. The number of nitrogens with zero attached hydrogens (tertiary/aromatic N) is 9. The van der Waals surface area contributed by atoms with Crippen LogP contribution in [0.4, 0.5) is 13.2 Å². The summed E-state index contributed by atoms with van der Waals surface area (Å²) >= 11 is 0.990. The van der Waals surface area contributed by atoms with Crippen LogP contribution in [-0.2, 0) is 58.4 Å². The zero-order valence-corrected chi connectivity index (χ0v) is 44.3. The summed E-state index contributed by atoms with van der Waals surface area (Å²) in [5.74, 6) is 1.93. The second-order valence-electron chi connectivity index (χ2n) is 21.5. The van der Waals surface area contributed by atoms with E-state index < -0.39 is 65.1 Å². The number of cyclic esters (lactones) is 1. The van der Waals surface area contributed by atoms with Crippen molar-refractivity contribution in [2.75, 3.05) is 54.1 Å². The van der Waals surface area contributed by atoms with Crippen molar-refractivity contribution in [3.05, 3.63) is 53.6 Å². The second kappa shape index (κ2) is 21.3. The number of amides is 3. The number of halogens is 3. The van der Waals surface area contributed by atoms with Gasteiger partial charge in [0.05, 0.1) is 5.54 Å². The number of hydrogen-bond acceptors (Lipinski definition) is 13. The van der Waals surface area contributed by atoms with Gasteiger partial charge in [0.1, 0.15) is 0 Å². The van der Waals surface area contributed by atoms with Crippen LogP contribution in [0, 0.1) is 29.1 Å². The summed E-state index contributed by atoms with van der Waals surface area (Å²) in [6, 6.07) is 5.78. The van der Waals surface area contributed by atoms with E-state index in [4.69, 9.17) is 19.2 Å². The molecule has 0 aliphatic carbocycles. The van der Waals surface area contributed by atoms with E-state index in [2.05, 4.69) is 28.8 Å². The molecule has 0 saturated carbocycles. The number of hydroxylamine groups is 2. The van der Waals surface area contributed by atoms with E-state index in [1.165, 1.54) is 21.3 Å². The first kappa shape index (κ1) is 55.2. The third kappa shape index (κ3) is 12.0. The predicted octanol–water partition coefficient (Wildman–Crippen LogP) is 5.77.